The highest BCUT2D eigenvalue weighted by atomic mass is 127. The number of aromatic nitrogens is 1. The van der Waals surface area contributed by atoms with E-state index in [1.165, 1.54) is 19.6 Å². The van der Waals surface area contributed by atoms with Gasteiger partial charge in [-0.2, -0.15) is 0 Å². The third kappa shape index (κ3) is 7.06. The van der Waals surface area contributed by atoms with Crippen LogP contribution < -0.4 is 10.6 Å². The van der Waals surface area contributed by atoms with Crippen LogP contribution >= 0.6 is 46.7 Å². The van der Waals surface area contributed by atoms with E-state index in [-0.39, 0.29) is 24.0 Å². The number of aliphatic imine (C=N–C) groups is 1. The SMILES string of the molecule is CCNC(=NCc1ccc(CC)s1)NCCc1ncc(CC)s1.I. The van der Waals surface area contributed by atoms with Gasteiger partial charge < -0.3 is 10.6 Å². The monoisotopic (exact) mass is 478 g/mol. The van der Waals surface area contributed by atoms with Crippen LogP contribution in [0.5, 0.6) is 0 Å². The normalized spacial score (nSPS) is 11.2. The van der Waals surface area contributed by atoms with Crippen molar-refractivity contribution in [2.45, 2.75) is 46.6 Å². The largest absolute Gasteiger partial charge is 0.357 e. The summed E-state index contributed by atoms with van der Waals surface area (Å²) < 4.78 is 0. The average Bonchev–Trinajstić information content (AvgIpc) is 3.21. The third-order valence-electron chi connectivity index (χ3n) is 3.38. The van der Waals surface area contributed by atoms with Crippen LogP contribution in [0.3, 0.4) is 0 Å². The number of hydrogen-bond donors (Lipinski definition) is 2. The molecule has 0 unspecified atom stereocenters. The molecular weight excluding hydrogens is 451 g/mol. The predicted molar refractivity (Wildman–Crippen MR) is 117 cm³/mol. The highest BCUT2D eigenvalue weighted by Gasteiger charge is 2.03. The number of hydrogen-bond acceptors (Lipinski definition) is 4. The molecule has 0 bridgehead atoms. The Kier molecular flexibility index (Phi) is 10.5. The smallest absolute Gasteiger partial charge is 0.191 e. The molecule has 0 aliphatic heterocycles. The van der Waals surface area contributed by atoms with E-state index in [2.05, 4.69) is 53.5 Å². The lowest BCUT2D eigenvalue weighted by Crippen LogP contribution is -2.38. The first-order chi connectivity index (χ1) is 11.2. The molecule has 0 spiro atoms. The molecule has 2 heterocycles. The maximum atomic E-state index is 4.67. The molecular formula is C17H27IN4S2. The van der Waals surface area contributed by atoms with Crippen LogP contribution in [0.4, 0.5) is 0 Å². The molecule has 7 heteroatoms. The van der Waals surface area contributed by atoms with Gasteiger partial charge >= 0.3 is 0 Å². The first-order valence-corrected chi connectivity index (χ1v) is 9.91. The van der Waals surface area contributed by atoms with Gasteiger partial charge in [0.2, 0.25) is 0 Å². The summed E-state index contributed by atoms with van der Waals surface area (Å²) in [6.45, 7) is 8.90. The molecule has 134 valence electrons. The van der Waals surface area contributed by atoms with Crippen molar-refractivity contribution in [1.82, 2.24) is 15.6 Å². The van der Waals surface area contributed by atoms with Gasteiger partial charge in [0.15, 0.2) is 5.96 Å². The second-order valence-corrected chi connectivity index (χ2v) is 7.62. The minimum absolute atomic E-state index is 0. The molecule has 0 atom stereocenters. The summed E-state index contributed by atoms with van der Waals surface area (Å²) >= 11 is 3.65. The molecule has 0 aliphatic rings. The van der Waals surface area contributed by atoms with Crippen molar-refractivity contribution in [1.29, 1.82) is 0 Å². The lowest BCUT2D eigenvalue weighted by Gasteiger charge is -2.10. The summed E-state index contributed by atoms with van der Waals surface area (Å²) in [4.78, 5) is 13.2. The van der Waals surface area contributed by atoms with E-state index in [1.54, 1.807) is 11.3 Å². The summed E-state index contributed by atoms with van der Waals surface area (Å²) in [5.74, 6) is 0.881. The van der Waals surface area contributed by atoms with Gasteiger partial charge in [0.1, 0.15) is 0 Å². The molecule has 0 saturated carbocycles. The van der Waals surface area contributed by atoms with Crippen molar-refractivity contribution in [3.63, 3.8) is 0 Å². The predicted octanol–water partition coefficient (Wildman–Crippen LogP) is 4.25. The molecule has 0 fully saturated rings. The molecule has 0 aromatic carbocycles. The number of halogens is 1. The fourth-order valence-corrected chi connectivity index (χ4v) is 3.86. The van der Waals surface area contributed by atoms with Crippen LogP contribution in [0.25, 0.3) is 0 Å². The van der Waals surface area contributed by atoms with Gasteiger partial charge in [-0.05, 0) is 31.9 Å². The summed E-state index contributed by atoms with van der Waals surface area (Å²) in [6.07, 6.45) is 5.09. The molecule has 2 aromatic rings. The Morgan fingerprint density at radius 2 is 1.79 bits per heavy atom. The van der Waals surface area contributed by atoms with Gasteiger partial charge in [0, 0.05) is 40.3 Å². The Hall–Kier alpha value is -0.670. The Morgan fingerprint density at radius 3 is 2.42 bits per heavy atom. The van der Waals surface area contributed by atoms with Crippen molar-refractivity contribution >= 4 is 52.6 Å². The maximum Gasteiger partial charge on any atom is 0.191 e. The van der Waals surface area contributed by atoms with Gasteiger partial charge in [-0.3, -0.25) is 0 Å². The molecule has 0 radical (unpaired) electrons. The molecule has 24 heavy (non-hydrogen) atoms. The Morgan fingerprint density at radius 1 is 1.04 bits per heavy atom. The lowest BCUT2D eigenvalue weighted by molar-refractivity contribution is 0.797. The third-order valence-corrected chi connectivity index (χ3v) is 5.80. The Labute approximate surface area is 170 Å². The van der Waals surface area contributed by atoms with Crippen LogP contribution in [-0.2, 0) is 25.8 Å². The topological polar surface area (TPSA) is 49.3 Å². The number of nitrogens with one attached hydrogen (secondary N) is 2. The Balaban J connectivity index is 0.00000288. The summed E-state index contributed by atoms with van der Waals surface area (Å²) in [6, 6.07) is 4.38. The van der Waals surface area contributed by atoms with E-state index in [9.17, 15) is 0 Å². The number of thiophene rings is 1. The van der Waals surface area contributed by atoms with Crippen LogP contribution in [0.15, 0.2) is 23.3 Å². The zero-order valence-corrected chi connectivity index (χ0v) is 18.6. The van der Waals surface area contributed by atoms with Gasteiger partial charge in [0.25, 0.3) is 0 Å². The number of nitrogens with zero attached hydrogens (tertiary/aromatic N) is 2. The number of rotatable bonds is 8. The van der Waals surface area contributed by atoms with Crippen LogP contribution in [-0.4, -0.2) is 24.0 Å². The maximum absolute atomic E-state index is 4.67. The zero-order chi connectivity index (χ0) is 16.5. The second-order valence-electron chi connectivity index (χ2n) is 5.17. The molecule has 0 saturated heterocycles. The lowest BCUT2D eigenvalue weighted by atomic mass is 10.4. The quantitative estimate of drug-likeness (QED) is 0.339. The van der Waals surface area contributed by atoms with Crippen LogP contribution in [0, 0.1) is 0 Å². The van der Waals surface area contributed by atoms with Crippen LogP contribution in [0.2, 0.25) is 0 Å². The van der Waals surface area contributed by atoms with Gasteiger partial charge in [-0.25, -0.2) is 9.98 Å². The summed E-state index contributed by atoms with van der Waals surface area (Å²) in [5, 5.41) is 7.89. The van der Waals surface area contributed by atoms with E-state index < -0.39 is 0 Å². The summed E-state index contributed by atoms with van der Waals surface area (Å²) in [7, 11) is 0. The molecule has 0 aliphatic carbocycles. The van der Waals surface area contributed by atoms with Gasteiger partial charge in [-0.15, -0.1) is 46.7 Å². The van der Waals surface area contributed by atoms with Crippen LogP contribution in [0.1, 0.15) is 40.4 Å². The number of aryl methyl sites for hydroxylation is 2. The van der Waals surface area contributed by atoms with Crippen molar-refractivity contribution in [2.24, 2.45) is 4.99 Å². The van der Waals surface area contributed by atoms with E-state index in [1.807, 2.05) is 17.5 Å². The number of guanidine groups is 1. The van der Waals surface area contributed by atoms with Crippen molar-refractivity contribution in [3.8, 4) is 0 Å². The molecule has 0 amide bonds. The number of thiazole rings is 1. The zero-order valence-electron chi connectivity index (χ0n) is 14.6. The van der Waals surface area contributed by atoms with E-state index in [4.69, 9.17) is 0 Å². The van der Waals surface area contributed by atoms with E-state index >= 15 is 0 Å². The van der Waals surface area contributed by atoms with Crippen molar-refractivity contribution in [3.05, 3.63) is 38.0 Å². The minimum Gasteiger partial charge on any atom is -0.357 e. The molecule has 2 rings (SSSR count). The van der Waals surface area contributed by atoms with Gasteiger partial charge in [0.05, 0.1) is 11.6 Å². The average molecular weight is 478 g/mol. The van der Waals surface area contributed by atoms with Crippen molar-refractivity contribution < 1.29 is 0 Å². The highest BCUT2D eigenvalue weighted by Crippen LogP contribution is 2.17. The minimum atomic E-state index is 0. The standard InChI is InChI=1S/C17H26N4S2.HI/c1-4-13-7-8-15(22-13)12-21-17(18-6-3)19-10-9-16-20-11-14(5-2)23-16;/h7-8,11H,4-6,9-10,12H2,1-3H3,(H2,18,19,21);1H. The molecule has 2 aromatic heterocycles. The Bertz CT molecular complexity index is 622. The van der Waals surface area contributed by atoms with Gasteiger partial charge in [-0.1, -0.05) is 13.8 Å². The first-order valence-electron chi connectivity index (χ1n) is 8.28. The first kappa shape index (κ1) is 21.4. The summed E-state index contributed by atoms with van der Waals surface area (Å²) in [5.41, 5.74) is 0. The second kappa shape index (κ2) is 11.8. The van der Waals surface area contributed by atoms with E-state index in [0.29, 0.717) is 0 Å². The molecule has 2 N–H and O–H groups in total. The fraction of sp³-hybridized carbons (Fsp3) is 0.529. The fourth-order valence-electron chi connectivity index (χ4n) is 2.11. The molecule has 4 nitrogen and oxygen atoms in total. The van der Waals surface area contributed by atoms with E-state index in [0.717, 1.165) is 44.9 Å². The van der Waals surface area contributed by atoms with Crippen molar-refractivity contribution in [2.75, 3.05) is 13.1 Å². The highest BCUT2D eigenvalue weighted by molar-refractivity contribution is 14.0.